The number of ether oxygens (including phenoxy) is 2. The zero-order chi connectivity index (χ0) is 28.5. The van der Waals surface area contributed by atoms with Gasteiger partial charge in [-0.05, 0) is 78.6 Å². The first-order chi connectivity index (χ1) is 18.4. The Bertz CT molecular complexity index is 1430. The quantitative estimate of drug-likeness (QED) is 0.206. The van der Waals surface area contributed by atoms with E-state index in [0.717, 1.165) is 34.7 Å². The van der Waals surface area contributed by atoms with E-state index in [4.69, 9.17) is 9.47 Å². The smallest absolute Gasteiger partial charge is 0.416 e. The SMILES string of the molecule is COc1cccc(C2/C(=C(/O)c3ccc(OCC(C)C)c(C)c3)C(=O)C(=O)N2c2ccc(C(F)(F)F)cc2)c1. The Morgan fingerprint density at radius 1 is 1.03 bits per heavy atom. The Balaban J connectivity index is 1.85. The number of carbonyl (C=O) groups is 2. The summed E-state index contributed by atoms with van der Waals surface area (Å²) >= 11 is 0. The third-order valence-corrected chi connectivity index (χ3v) is 6.35. The number of halogens is 3. The van der Waals surface area contributed by atoms with Crippen molar-refractivity contribution in [1.29, 1.82) is 0 Å². The second-order valence-electron chi connectivity index (χ2n) is 9.68. The number of aliphatic hydroxyl groups is 1. The van der Waals surface area contributed by atoms with Crippen molar-refractivity contribution < 1.29 is 37.3 Å². The van der Waals surface area contributed by atoms with E-state index in [9.17, 15) is 27.9 Å². The summed E-state index contributed by atoms with van der Waals surface area (Å²) in [6.45, 7) is 6.33. The highest BCUT2D eigenvalue weighted by Gasteiger charge is 2.47. The predicted octanol–water partition coefficient (Wildman–Crippen LogP) is 6.68. The molecule has 4 rings (SSSR count). The van der Waals surface area contributed by atoms with Crippen molar-refractivity contribution >= 4 is 23.1 Å². The first kappa shape index (κ1) is 27.8. The Labute approximate surface area is 224 Å². The average molecular weight is 540 g/mol. The van der Waals surface area contributed by atoms with Crippen LogP contribution in [0.5, 0.6) is 11.5 Å². The van der Waals surface area contributed by atoms with Gasteiger partial charge in [0.25, 0.3) is 11.7 Å². The van der Waals surface area contributed by atoms with E-state index in [-0.39, 0.29) is 11.3 Å². The maximum atomic E-state index is 13.4. The number of anilines is 1. The van der Waals surface area contributed by atoms with E-state index >= 15 is 0 Å². The molecule has 0 saturated carbocycles. The zero-order valence-electron chi connectivity index (χ0n) is 21.9. The highest BCUT2D eigenvalue weighted by atomic mass is 19.4. The van der Waals surface area contributed by atoms with Crippen molar-refractivity contribution in [2.45, 2.75) is 33.0 Å². The van der Waals surface area contributed by atoms with Crippen LogP contribution >= 0.6 is 0 Å². The molecule has 0 aromatic heterocycles. The molecule has 0 aliphatic carbocycles. The lowest BCUT2D eigenvalue weighted by Gasteiger charge is -2.26. The standard InChI is InChI=1S/C30H28F3NO5/c1-17(2)16-39-24-13-8-20(14-18(24)3)27(35)25-26(19-6-5-7-23(15-19)38-4)34(29(37)28(25)36)22-11-9-21(10-12-22)30(31,32)33/h5-15,17,26,35H,16H2,1-4H3/b27-25-. The van der Waals surface area contributed by atoms with E-state index in [1.165, 1.54) is 7.11 Å². The number of hydrogen-bond acceptors (Lipinski definition) is 5. The summed E-state index contributed by atoms with van der Waals surface area (Å²) in [5, 5.41) is 11.4. The summed E-state index contributed by atoms with van der Waals surface area (Å²) in [7, 11) is 1.46. The third-order valence-electron chi connectivity index (χ3n) is 6.35. The predicted molar refractivity (Wildman–Crippen MR) is 141 cm³/mol. The van der Waals surface area contributed by atoms with E-state index in [2.05, 4.69) is 0 Å². The molecular formula is C30H28F3NO5. The third kappa shape index (κ3) is 5.62. The molecule has 3 aromatic carbocycles. The number of carbonyl (C=O) groups excluding carboxylic acids is 2. The van der Waals surface area contributed by atoms with Gasteiger partial charge in [-0.3, -0.25) is 14.5 Å². The molecule has 1 saturated heterocycles. The Morgan fingerprint density at radius 2 is 1.72 bits per heavy atom. The normalized spacial score (nSPS) is 17.1. The first-order valence-electron chi connectivity index (χ1n) is 12.3. The number of benzene rings is 3. The fourth-order valence-electron chi connectivity index (χ4n) is 4.41. The van der Waals surface area contributed by atoms with Crippen LogP contribution in [-0.2, 0) is 15.8 Å². The molecule has 1 N–H and O–H groups in total. The Morgan fingerprint density at radius 3 is 2.31 bits per heavy atom. The molecule has 0 bridgehead atoms. The zero-order valence-corrected chi connectivity index (χ0v) is 21.9. The second-order valence-corrected chi connectivity index (χ2v) is 9.68. The molecule has 6 nitrogen and oxygen atoms in total. The molecule has 1 heterocycles. The fraction of sp³-hybridized carbons (Fsp3) is 0.267. The van der Waals surface area contributed by atoms with Crippen LogP contribution in [0.15, 0.2) is 72.3 Å². The number of methoxy groups -OCH3 is 1. The van der Waals surface area contributed by atoms with Crippen LogP contribution in [0.1, 0.15) is 42.1 Å². The van der Waals surface area contributed by atoms with Crippen LogP contribution in [0.3, 0.4) is 0 Å². The summed E-state index contributed by atoms with van der Waals surface area (Å²) in [6.07, 6.45) is -4.57. The van der Waals surface area contributed by atoms with E-state index in [1.807, 2.05) is 13.8 Å². The van der Waals surface area contributed by atoms with Crippen LogP contribution in [0, 0.1) is 12.8 Å². The van der Waals surface area contributed by atoms with Gasteiger partial charge in [0, 0.05) is 11.3 Å². The molecule has 1 amide bonds. The fourth-order valence-corrected chi connectivity index (χ4v) is 4.41. The van der Waals surface area contributed by atoms with Gasteiger partial charge in [-0.1, -0.05) is 26.0 Å². The molecule has 1 fully saturated rings. The minimum Gasteiger partial charge on any atom is -0.507 e. The number of amides is 1. The molecule has 204 valence electrons. The largest absolute Gasteiger partial charge is 0.507 e. The number of alkyl halides is 3. The molecule has 1 aliphatic heterocycles. The van der Waals surface area contributed by atoms with Gasteiger partial charge in [0.1, 0.15) is 17.3 Å². The summed E-state index contributed by atoms with van der Waals surface area (Å²) in [5.74, 6) is -0.978. The summed E-state index contributed by atoms with van der Waals surface area (Å²) in [4.78, 5) is 27.7. The highest BCUT2D eigenvalue weighted by Crippen LogP contribution is 2.43. The molecule has 0 radical (unpaired) electrons. The number of rotatable bonds is 7. The Hall–Kier alpha value is -4.27. The van der Waals surface area contributed by atoms with Crippen molar-refractivity contribution in [3.05, 3.63) is 94.6 Å². The average Bonchev–Trinajstić information content (AvgIpc) is 3.17. The number of hydrogen-bond donors (Lipinski definition) is 1. The maximum Gasteiger partial charge on any atom is 0.416 e. The lowest BCUT2D eigenvalue weighted by atomic mass is 9.94. The van der Waals surface area contributed by atoms with E-state index < -0.39 is 35.2 Å². The van der Waals surface area contributed by atoms with Crippen LogP contribution < -0.4 is 14.4 Å². The summed E-state index contributed by atoms with van der Waals surface area (Å²) in [5.41, 5.74) is 0.436. The number of nitrogens with zero attached hydrogens (tertiary/aromatic N) is 1. The molecule has 1 aliphatic rings. The van der Waals surface area contributed by atoms with Crippen LogP contribution in [-0.4, -0.2) is 30.5 Å². The van der Waals surface area contributed by atoms with Crippen molar-refractivity contribution in [1.82, 2.24) is 0 Å². The van der Waals surface area contributed by atoms with Gasteiger partial charge in [0.15, 0.2) is 0 Å². The lowest BCUT2D eigenvalue weighted by molar-refractivity contribution is -0.137. The van der Waals surface area contributed by atoms with Gasteiger partial charge in [-0.25, -0.2) is 0 Å². The Kier molecular flexibility index (Phi) is 7.72. The number of aliphatic hydroxyl groups excluding tert-OH is 1. The van der Waals surface area contributed by atoms with Gasteiger partial charge in [-0.2, -0.15) is 13.2 Å². The van der Waals surface area contributed by atoms with Gasteiger partial charge in [0.2, 0.25) is 0 Å². The first-order valence-corrected chi connectivity index (χ1v) is 12.3. The number of Topliss-reactive ketones (excluding diaryl/α,β-unsaturated/α-hetero) is 1. The van der Waals surface area contributed by atoms with Gasteiger partial charge in [-0.15, -0.1) is 0 Å². The van der Waals surface area contributed by atoms with Crippen LogP contribution in [0.4, 0.5) is 18.9 Å². The minimum absolute atomic E-state index is 0.0746. The molecular weight excluding hydrogens is 511 g/mol. The second kappa shape index (κ2) is 10.8. The van der Waals surface area contributed by atoms with Crippen molar-refractivity contribution in [3.63, 3.8) is 0 Å². The lowest BCUT2D eigenvalue weighted by Crippen LogP contribution is -2.29. The molecule has 0 spiro atoms. The summed E-state index contributed by atoms with van der Waals surface area (Å²) in [6, 6.07) is 14.3. The minimum atomic E-state index is -4.57. The molecule has 3 aromatic rings. The monoisotopic (exact) mass is 539 g/mol. The van der Waals surface area contributed by atoms with Crippen molar-refractivity contribution in [3.8, 4) is 11.5 Å². The van der Waals surface area contributed by atoms with Crippen molar-refractivity contribution in [2.24, 2.45) is 5.92 Å². The maximum absolute atomic E-state index is 13.4. The van der Waals surface area contributed by atoms with E-state index in [1.54, 1.807) is 49.4 Å². The number of aryl methyl sites for hydroxylation is 1. The van der Waals surface area contributed by atoms with Crippen LogP contribution in [0.25, 0.3) is 5.76 Å². The van der Waals surface area contributed by atoms with Crippen molar-refractivity contribution in [2.75, 3.05) is 18.6 Å². The van der Waals surface area contributed by atoms with Gasteiger partial charge < -0.3 is 14.6 Å². The molecule has 39 heavy (non-hydrogen) atoms. The highest BCUT2D eigenvalue weighted by molar-refractivity contribution is 6.51. The topological polar surface area (TPSA) is 76.1 Å². The molecule has 1 unspecified atom stereocenters. The van der Waals surface area contributed by atoms with Crippen LogP contribution in [0.2, 0.25) is 0 Å². The molecule has 1 atom stereocenters. The van der Waals surface area contributed by atoms with E-state index in [0.29, 0.717) is 35.2 Å². The number of ketones is 1. The summed E-state index contributed by atoms with van der Waals surface area (Å²) < 4.78 is 50.6. The van der Waals surface area contributed by atoms with Gasteiger partial charge >= 0.3 is 6.18 Å². The molecule has 9 heteroatoms. The van der Waals surface area contributed by atoms with Gasteiger partial charge in [0.05, 0.1) is 30.9 Å².